The van der Waals surface area contributed by atoms with Crippen molar-refractivity contribution in [2.45, 2.75) is 99.8 Å². The molecule has 0 amide bonds. The molecule has 204 valence electrons. The quantitative estimate of drug-likeness (QED) is 0.248. The first-order chi connectivity index (χ1) is 16.0. The summed E-state index contributed by atoms with van der Waals surface area (Å²) in [6.07, 6.45) is 4.24. The van der Waals surface area contributed by atoms with Crippen molar-refractivity contribution in [3.05, 3.63) is 0 Å². The Bertz CT molecular complexity index is 731. The normalized spacial score (nSPS) is 17.9. The SMILES string of the molecule is CCCCC(C(=O)O)C(C)CC(C)(C)CCC(C)(CC(C)(CC(C)C(=O)O)C(=O)OC)C(=O)OC. The van der Waals surface area contributed by atoms with Gasteiger partial charge in [0.1, 0.15) is 0 Å². The number of carbonyl (C=O) groups excluding carboxylic acids is 2. The van der Waals surface area contributed by atoms with E-state index in [4.69, 9.17) is 9.47 Å². The van der Waals surface area contributed by atoms with Gasteiger partial charge in [0, 0.05) is 0 Å². The molecular formula is C27H48O8. The predicted molar refractivity (Wildman–Crippen MR) is 134 cm³/mol. The summed E-state index contributed by atoms with van der Waals surface area (Å²) in [4.78, 5) is 49.0. The van der Waals surface area contributed by atoms with Gasteiger partial charge in [-0.1, -0.05) is 47.5 Å². The first kappa shape index (κ1) is 32.9. The zero-order valence-corrected chi connectivity index (χ0v) is 23.2. The summed E-state index contributed by atoms with van der Waals surface area (Å²) in [5, 5.41) is 19.1. The molecule has 8 heteroatoms. The summed E-state index contributed by atoms with van der Waals surface area (Å²) >= 11 is 0. The Morgan fingerprint density at radius 3 is 1.74 bits per heavy atom. The van der Waals surface area contributed by atoms with Crippen molar-refractivity contribution in [3.8, 4) is 0 Å². The Morgan fingerprint density at radius 1 is 0.800 bits per heavy atom. The van der Waals surface area contributed by atoms with Crippen molar-refractivity contribution >= 4 is 23.9 Å². The molecule has 0 aromatic heterocycles. The van der Waals surface area contributed by atoms with Crippen LogP contribution >= 0.6 is 0 Å². The maximum absolute atomic E-state index is 12.9. The fourth-order valence-electron chi connectivity index (χ4n) is 5.41. The first-order valence-corrected chi connectivity index (χ1v) is 12.6. The molecule has 0 saturated heterocycles. The molecule has 0 bridgehead atoms. The highest BCUT2D eigenvalue weighted by molar-refractivity contribution is 5.81. The number of hydrogen-bond donors (Lipinski definition) is 2. The lowest BCUT2D eigenvalue weighted by Crippen LogP contribution is -2.42. The summed E-state index contributed by atoms with van der Waals surface area (Å²) in [5.74, 6) is -4.07. The maximum Gasteiger partial charge on any atom is 0.311 e. The van der Waals surface area contributed by atoms with Gasteiger partial charge >= 0.3 is 23.9 Å². The van der Waals surface area contributed by atoms with Gasteiger partial charge in [-0.15, -0.1) is 0 Å². The molecule has 0 fully saturated rings. The maximum atomic E-state index is 12.9. The number of rotatable bonds is 17. The van der Waals surface area contributed by atoms with Gasteiger partial charge in [0.2, 0.25) is 0 Å². The number of ether oxygens (including phenoxy) is 2. The van der Waals surface area contributed by atoms with Crippen LogP contribution in [0, 0.1) is 34.0 Å². The van der Waals surface area contributed by atoms with Crippen LogP contribution in [0.5, 0.6) is 0 Å². The number of hydrogen-bond acceptors (Lipinski definition) is 6. The van der Waals surface area contributed by atoms with E-state index in [0.29, 0.717) is 25.7 Å². The summed E-state index contributed by atoms with van der Waals surface area (Å²) in [7, 11) is 2.55. The smallest absolute Gasteiger partial charge is 0.311 e. The van der Waals surface area contributed by atoms with Gasteiger partial charge in [0.05, 0.1) is 36.9 Å². The molecule has 0 aliphatic rings. The van der Waals surface area contributed by atoms with E-state index in [9.17, 15) is 29.4 Å². The molecule has 5 atom stereocenters. The van der Waals surface area contributed by atoms with Gasteiger partial charge < -0.3 is 19.7 Å². The zero-order valence-electron chi connectivity index (χ0n) is 23.2. The Morgan fingerprint density at radius 2 is 1.31 bits per heavy atom. The van der Waals surface area contributed by atoms with Gasteiger partial charge in [-0.3, -0.25) is 19.2 Å². The van der Waals surface area contributed by atoms with E-state index >= 15 is 0 Å². The standard InChI is InChI=1S/C27H48O8/c1-10-11-12-20(22(30)31)18(2)15-25(4,5)13-14-26(6,23(32)34-8)17-27(7,24(33)35-9)16-19(3)21(28)29/h18-20H,10-17H2,1-9H3,(H,28,29)(H,30,31). The molecule has 35 heavy (non-hydrogen) atoms. The molecule has 0 aromatic rings. The molecule has 0 heterocycles. The third-order valence-electron chi connectivity index (χ3n) is 7.42. The lowest BCUT2D eigenvalue weighted by atomic mass is 9.65. The van der Waals surface area contributed by atoms with Gasteiger partial charge in [-0.05, 0) is 63.7 Å². The Labute approximate surface area is 211 Å². The van der Waals surface area contributed by atoms with Crippen molar-refractivity contribution in [2.24, 2.45) is 34.0 Å². The fourth-order valence-corrected chi connectivity index (χ4v) is 5.41. The van der Waals surface area contributed by atoms with Crippen molar-refractivity contribution < 1.29 is 38.9 Å². The van der Waals surface area contributed by atoms with Crippen molar-refractivity contribution in [1.29, 1.82) is 0 Å². The molecule has 0 aromatic carbocycles. The lowest BCUT2D eigenvalue weighted by molar-refractivity contribution is -0.163. The van der Waals surface area contributed by atoms with Crippen LogP contribution in [0.25, 0.3) is 0 Å². The van der Waals surface area contributed by atoms with E-state index in [2.05, 4.69) is 13.8 Å². The second kappa shape index (κ2) is 13.8. The molecule has 0 aliphatic heterocycles. The van der Waals surface area contributed by atoms with E-state index in [1.807, 2.05) is 13.8 Å². The van der Waals surface area contributed by atoms with Gasteiger partial charge in [0.15, 0.2) is 0 Å². The van der Waals surface area contributed by atoms with Crippen molar-refractivity contribution in [3.63, 3.8) is 0 Å². The van der Waals surface area contributed by atoms with Crippen LogP contribution in [-0.2, 0) is 28.7 Å². The van der Waals surface area contributed by atoms with Gasteiger partial charge in [-0.25, -0.2) is 0 Å². The number of esters is 2. The van der Waals surface area contributed by atoms with Crippen LogP contribution in [0.4, 0.5) is 0 Å². The van der Waals surface area contributed by atoms with Crippen LogP contribution in [0.3, 0.4) is 0 Å². The van der Waals surface area contributed by atoms with Gasteiger partial charge in [0.25, 0.3) is 0 Å². The molecule has 0 saturated carbocycles. The number of carbonyl (C=O) groups is 4. The molecule has 0 spiro atoms. The minimum Gasteiger partial charge on any atom is -0.481 e. The monoisotopic (exact) mass is 500 g/mol. The summed E-state index contributed by atoms with van der Waals surface area (Å²) in [5.41, 5.74) is -2.50. The number of unbranched alkanes of at least 4 members (excludes halogenated alkanes) is 1. The zero-order chi connectivity index (χ0) is 27.6. The highest BCUT2D eigenvalue weighted by Gasteiger charge is 2.47. The number of aliphatic carboxylic acids is 2. The third kappa shape index (κ3) is 10.2. The fraction of sp³-hybridized carbons (Fsp3) is 0.852. The summed E-state index contributed by atoms with van der Waals surface area (Å²) in [6, 6.07) is 0. The molecule has 8 nitrogen and oxygen atoms in total. The van der Waals surface area contributed by atoms with E-state index in [0.717, 1.165) is 12.8 Å². The molecule has 0 aliphatic carbocycles. The summed E-state index contributed by atoms with van der Waals surface area (Å²) in [6.45, 7) is 13.0. The molecule has 0 radical (unpaired) electrons. The van der Waals surface area contributed by atoms with Gasteiger partial charge in [-0.2, -0.15) is 0 Å². The van der Waals surface area contributed by atoms with Crippen LogP contribution in [0.15, 0.2) is 0 Å². The highest BCUT2D eigenvalue weighted by atomic mass is 16.5. The van der Waals surface area contributed by atoms with Crippen LogP contribution in [-0.4, -0.2) is 48.3 Å². The topological polar surface area (TPSA) is 127 Å². The van der Waals surface area contributed by atoms with E-state index in [-0.39, 0.29) is 24.2 Å². The second-order valence-corrected chi connectivity index (χ2v) is 11.7. The van der Waals surface area contributed by atoms with Crippen LogP contribution in [0.2, 0.25) is 0 Å². The molecular weight excluding hydrogens is 452 g/mol. The highest BCUT2D eigenvalue weighted by Crippen LogP contribution is 2.46. The minimum atomic E-state index is -1.19. The Kier molecular flexibility index (Phi) is 13.0. The van der Waals surface area contributed by atoms with Crippen LogP contribution < -0.4 is 0 Å². The van der Waals surface area contributed by atoms with Crippen molar-refractivity contribution in [1.82, 2.24) is 0 Å². The predicted octanol–water partition coefficient (Wildman–Crippen LogP) is 5.57. The molecule has 0 rings (SSSR count). The number of methoxy groups -OCH3 is 2. The van der Waals surface area contributed by atoms with E-state index < -0.39 is 46.5 Å². The lowest BCUT2D eigenvalue weighted by Gasteiger charge is -2.39. The number of carboxylic acids is 2. The minimum absolute atomic E-state index is 0.0275. The second-order valence-electron chi connectivity index (χ2n) is 11.7. The molecule has 5 unspecified atom stereocenters. The Balaban J connectivity index is 5.77. The van der Waals surface area contributed by atoms with Crippen LogP contribution in [0.1, 0.15) is 99.8 Å². The van der Waals surface area contributed by atoms with E-state index in [1.54, 1.807) is 13.8 Å². The third-order valence-corrected chi connectivity index (χ3v) is 7.42. The molecule has 2 N–H and O–H groups in total. The Hall–Kier alpha value is -2.12. The first-order valence-electron chi connectivity index (χ1n) is 12.6. The average molecular weight is 501 g/mol. The summed E-state index contributed by atoms with van der Waals surface area (Å²) < 4.78 is 10.1. The van der Waals surface area contributed by atoms with Crippen molar-refractivity contribution in [2.75, 3.05) is 14.2 Å². The van der Waals surface area contributed by atoms with E-state index in [1.165, 1.54) is 21.1 Å². The number of carboxylic acid groups (broad SMARTS) is 2. The largest absolute Gasteiger partial charge is 0.481 e. The average Bonchev–Trinajstić information content (AvgIpc) is 2.76.